The third-order valence-electron chi connectivity index (χ3n) is 5.65. The molecule has 4 aromatic rings. The number of hydrogen-bond acceptors (Lipinski definition) is 6. The largest absolute Gasteiger partial charge is 0.382 e. The van der Waals surface area contributed by atoms with Gasteiger partial charge in [0.1, 0.15) is 29.9 Å². The first-order valence-electron chi connectivity index (χ1n) is 11.0. The molecule has 0 spiro atoms. The maximum absolute atomic E-state index is 14.7. The molecule has 0 aliphatic rings. The second-order valence-corrected chi connectivity index (χ2v) is 8.45. The lowest BCUT2D eigenvalue weighted by Gasteiger charge is -2.34. The van der Waals surface area contributed by atoms with E-state index in [0.29, 0.717) is 19.6 Å². The van der Waals surface area contributed by atoms with Gasteiger partial charge in [0.2, 0.25) is 0 Å². The summed E-state index contributed by atoms with van der Waals surface area (Å²) in [4.78, 5) is 5.83. The molecular weight excluding hydrogens is 440 g/mol. The zero-order valence-electron chi connectivity index (χ0n) is 19.1. The molecule has 8 nitrogen and oxygen atoms in total. The molecule has 0 bridgehead atoms. The predicted molar refractivity (Wildman–Crippen MR) is 122 cm³/mol. The van der Waals surface area contributed by atoms with Gasteiger partial charge < -0.3 is 5.11 Å². The van der Waals surface area contributed by atoms with Crippen molar-refractivity contribution in [2.45, 2.75) is 39.1 Å². The third kappa shape index (κ3) is 5.70. The van der Waals surface area contributed by atoms with Gasteiger partial charge in [0, 0.05) is 24.7 Å². The summed E-state index contributed by atoms with van der Waals surface area (Å²) in [5.74, 6) is -1.52. The average Bonchev–Trinajstić information content (AvgIpc) is 3.45. The summed E-state index contributed by atoms with van der Waals surface area (Å²) in [5, 5.41) is 24.1. The molecule has 2 heterocycles. The summed E-state index contributed by atoms with van der Waals surface area (Å²) >= 11 is 0. The highest BCUT2D eigenvalue weighted by molar-refractivity contribution is 5.26. The van der Waals surface area contributed by atoms with Crippen LogP contribution in [0.3, 0.4) is 0 Å². The van der Waals surface area contributed by atoms with E-state index in [1.165, 1.54) is 29.0 Å². The first-order valence-corrected chi connectivity index (χ1v) is 11.0. The Morgan fingerprint density at radius 1 is 1.12 bits per heavy atom. The zero-order valence-corrected chi connectivity index (χ0v) is 19.1. The number of benzene rings is 2. The topological polar surface area (TPSA) is 84.9 Å². The molecule has 4 rings (SSSR count). The van der Waals surface area contributed by atoms with Crippen molar-refractivity contribution in [3.05, 3.63) is 95.3 Å². The molecule has 1 unspecified atom stereocenters. The summed E-state index contributed by atoms with van der Waals surface area (Å²) in [6, 6.07) is 11.4. The summed E-state index contributed by atoms with van der Waals surface area (Å²) in [7, 11) is 0. The minimum absolute atomic E-state index is 0.00838. The van der Waals surface area contributed by atoms with Crippen LogP contribution in [0.2, 0.25) is 0 Å². The van der Waals surface area contributed by atoms with E-state index in [9.17, 15) is 13.9 Å². The van der Waals surface area contributed by atoms with E-state index in [4.69, 9.17) is 0 Å². The minimum Gasteiger partial charge on any atom is -0.382 e. The van der Waals surface area contributed by atoms with E-state index in [0.717, 1.165) is 23.4 Å². The summed E-state index contributed by atoms with van der Waals surface area (Å²) in [5.41, 5.74) is 1.33. The standard InChI is InChI=1S/C24H27F2N7O/c1-3-31(12-21-13-32(30-29-21)11-19-6-4-5-18(2)9-19)14-24(34,15-33-17-27-16-28-33)22-8-7-20(25)10-23(22)26/h4-10,13,16-17,34H,3,11-12,14-15H2,1-2H3. The Kier molecular flexibility index (Phi) is 7.09. The van der Waals surface area contributed by atoms with Crippen molar-refractivity contribution in [3.8, 4) is 0 Å². The minimum atomic E-state index is -1.68. The van der Waals surface area contributed by atoms with Crippen molar-refractivity contribution < 1.29 is 13.9 Å². The molecule has 0 fully saturated rings. The lowest BCUT2D eigenvalue weighted by atomic mass is 9.92. The number of rotatable bonds is 10. The second-order valence-electron chi connectivity index (χ2n) is 8.45. The quantitative estimate of drug-likeness (QED) is 0.386. The van der Waals surface area contributed by atoms with Gasteiger partial charge in [-0.2, -0.15) is 5.10 Å². The molecule has 0 saturated heterocycles. The van der Waals surface area contributed by atoms with E-state index >= 15 is 0 Å². The highest BCUT2D eigenvalue weighted by Crippen LogP contribution is 2.28. The van der Waals surface area contributed by atoms with Gasteiger partial charge in [-0.25, -0.2) is 23.1 Å². The van der Waals surface area contributed by atoms with Gasteiger partial charge in [-0.15, -0.1) is 5.10 Å². The van der Waals surface area contributed by atoms with Crippen LogP contribution in [0, 0.1) is 18.6 Å². The molecule has 0 aliphatic heterocycles. The van der Waals surface area contributed by atoms with Crippen molar-refractivity contribution in [2.24, 2.45) is 0 Å². The van der Waals surface area contributed by atoms with Gasteiger partial charge in [0.15, 0.2) is 0 Å². The van der Waals surface area contributed by atoms with Gasteiger partial charge >= 0.3 is 0 Å². The third-order valence-corrected chi connectivity index (χ3v) is 5.65. The van der Waals surface area contributed by atoms with Gasteiger partial charge in [0.25, 0.3) is 0 Å². The van der Waals surface area contributed by atoms with E-state index in [-0.39, 0.29) is 18.7 Å². The van der Waals surface area contributed by atoms with Gasteiger partial charge in [-0.05, 0) is 25.1 Å². The fourth-order valence-corrected chi connectivity index (χ4v) is 4.03. The highest BCUT2D eigenvalue weighted by Gasteiger charge is 2.35. The maximum Gasteiger partial charge on any atom is 0.137 e. The molecule has 1 atom stereocenters. The number of hydrogen-bond donors (Lipinski definition) is 1. The molecule has 0 amide bonds. The molecule has 1 N–H and O–H groups in total. The van der Waals surface area contributed by atoms with E-state index in [2.05, 4.69) is 26.5 Å². The Labute approximate surface area is 196 Å². The first kappa shape index (κ1) is 23.7. The van der Waals surface area contributed by atoms with Crippen molar-refractivity contribution >= 4 is 0 Å². The van der Waals surface area contributed by atoms with Crippen LogP contribution >= 0.6 is 0 Å². The van der Waals surface area contributed by atoms with Crippen LogP contribution in [0.15, 0.2) is 61.3 Å². The van der Waals surface area contributed by atoms with Crippen LogP contribution in [-0.4, -0.2) is 52.9 Å². The van der Waals surface area contributed by atoms with Crippen LogP contribution in [0.5, 0.6) is 0 Å². The van der Waals surface area contributed by atoms with Crippen LogP contribution in [0.25, 0.3) is 0 Å². The molecule has 10 heteroatoms. The number of likely N-dealkylation sites (N-methyl/N-ethyl adjacent to an activating group) is 1. The first-order chi connectivity index (χ1) is 16.3. The number of aliphatic hydroxyl groups is 1. The monoisotopic (exact) mass is 467 g/mol. The van der Waals surface area contributed by atoms with Gasteiger partial charge in [0.05, 0.1) is 25.0 Å². The van der Waals surface area contributed by atoms with Crippen molar-refractivity contribution in [1.82, 2.24) is 34.7 Å². The number of aromatic nitrogens is 6. The summed E-state index contributed by atoms with van der Waals surface area (Å²) in [6.07, 6.45) is 4.64. The van der Waals surface area contributed by atoms with E-state index in [1.807, 2.05) is 43.1 Å². The van der Waals surface area contributed by atoms with Crippen LogP contribution in [0.1, 0.15) is 29.3 Å². The molecular formula is C24H27F2N7O. The Morgan fingerprint density at radius 3 is 2.68 bits per heavy atom. The SMILES string of the molecule is CCN(Cc1cn(Cc2cccc(C)c2)nn1)CC(O)(Cn1cncn1)c1ccc(F)cc1F. The van der Waals surface area contributed by atoms with Crippen LogP contribution in [0.4, 0.5) is 8.78 Å². The lowest BCUT2D eigenvalue weighted by Crippen LogP contribution is -2.44. The predicted octanol–water partition coefficient (Wildman–Crippen LogP) is 2.91. The normalized spacial score (nSPS) is 13.4. The molecule has 0 radical (unpaired) electrons. The van der Waals surface area contributed by atoms with Gasteiger partial charge in [-0.3, -0.25) is 4.90 Å². The zero-order chi connectivity index (χ0) is 24.1. The summed E-state index contributed by atoms with van der Waals surface area (Å²) in [6.45, 7) is 5.55. The highest BCUT2D eigenvalue weighted by atomic mass is 19.1. The lowest BCUT2D eigenvalue weighted by molar-refractivity contribution is -0.0227. The number of nitrogens with zero attached hydrogens (tertiary/aromatic N) is 7. The van der Waals surface area contributed by atoms with Crippen molar-refractivity contribution in [3.63, 3.8) is 0 Å². The molecule has 2 aromatic carbocycles. The second kappa shape index (κ2) is 10.2. The molecule has 0 aliphatic carbocycles. The van der Waals surface area contributed by atoms with Crippen LogP contribution < -0.4 is 0 Å². The van der Waals surface area contributed by atoms with E-state index < -0.39 is 17.2 Å². The fraction of sp³-hybridized carbons (Fsp3) is 0.333. The fourth-order valence-electron chi connectivity index (χ4n) is 4.03. The van der Waals surface area contributed by atoms with Gasteiger partial charge in [-0.1, -0.05) is 48.0 Å². The number of halogens is 2. The molecule has 178 valence electrons. The van der Waals surface area contributed by atoms with Crippen molar-refractivity contribution in [2.75, 3.05) is 13.1 Å². The number of aryl methyl sites for hydroxylation is 1. The molecule has 34 heavy (non-hydrogen) atoms. The molecule has 2 aromatic heterocycles. The Morgan fingerprint density at radius 2 is 1.97 bits per heavy atom. The molecule has 0 saturated carbocycles. The maximum atomic E-state index is 14.7. The Bertz CT molecular complexity index is 1230. The van der Waals surface area contributed by atoms with Crippen molar-refractivity contribution in [1.29, 1.82) is 0 Å². The Balaban J connectivity index is 1.53. The summed E-state index contributed by atoms with van der Waals surface area (Å²) < 4.78 is 31.4. The smallest absolute Gasteiger partial charge is 0.137 e. The van der Waals surface area contributed by atoms with Crippen LogP contribution in [-0.2, 0) is 25.2 Å². The Hall–Kier alpha value is -3.50. The van der Waals surface area contributed by atoms with E-state index in [1.54, 1.807) is 4.68 Å². The average molecular weight is 468 g/mol.